The minimum absolute atomic E-state index is 0. The van der Waals surface area contributed by atoms with Crippen LogP contribution in [0.25, 0.3) is 145 Å². The molecule has 0 N–H and O–H groups in total. The molecule has 82 heavy (non-hydrogen) atoms. The van der Waals surface area contributed by atoms with E-state index in [-0.39, 0.29) is 20.1 Å². The van der Waals surface area contributed by atoms with Crippen LogP contribution in [0.15, 0.2) is 266 Å². The van der Waals surface area contributed by atoms with E-state index in [1.165, 1.54) is 0 Å². The summed E-state index contributed by atoms with van der Waals surface area (Å²) in [4.78, 5) is 18.9. The largest absolute Gasteiger partial charge is 3.00 e. The zero-order chi connectivity index (χ0) is 54.2. The molecule has 0 amide bonds. The van der Waals surface area contributed by atoms with E-state index < -0.39 is 0 Å². The molecule has 5 heterocycles. The molecule has 0 bridgehead atoms. The Labute approximate surface area is 490 Å². The van der Waals surface area contributed by atoms with Crippen molar-refractivity contribution in [2.45, 2.75) is 13.8 Å². The molecular formula is C76H49IrN4O. The van der Waals surface area contributed by atoms with Gasteiger partial charge in [-0.15, -0.1) is 83.4 Å². The predicted molar refractivity (Wildman–Crippen MR) is 331 cm³/mol. The van der Waals surface area contributed by atoms with Gasteiger partial charge in [-0.2, -0.15) is 0 Å². The standard InChI is InChI=1S/C76H49N4O.Ir/c1-49-44-71-69-40-43-79-74(76(69)81-75(71)50(2)80-49)58-38-39-68(70(48-58)55-28-26-52(27-29-55)51-16-4-3-5-17-51)67-23-11-10-22-66(67)61-46-59(64-20-8-6-18-62(64)53-30-34-56(35-31-53)72-24-12-14-41-77-72)45-60(47-61)65-21-9-7-19-63(65)54-32-36-57(37-33-54)73-25-13-15-42-78-73;/h3-34,36,39-48H,1-2H3;/q-3;+3. The fraction of sp³-hybridized carbons (Fsp3) is 0.0263. The van der Waals surface area contributed by atoms with Gasteiger partial charge < -0.3 is 19.4 Å². The number of fused-ring (bicyclic) bond motifs is 3. The van der Waals surface area contributed by atoms with E-state index in [9.17, 15) is 0 Å². The van der Waals surface area contributed by atoms with E-state index >= 15 is 0 Å². The van der Waals surface area contributed by atoms with Gasteiger partial charge in [0.25, 0.3) is 0 Å². The van der Waals surface area contributed by atoms with Crippen LogP contribution in [0.3, 0.4) is 0 Å². The quantitative estimate of drug-likeness (QED) is 0.121. The molecule has 0 unspecified atom stereocenters. The summed E-state index contributed by atoms with van der Waals surface area (Å²) in [5, 5.41) is 2.03. The number of pyridine rings is 4. The fourth-order valence-electron chi connectivity index (χ4n) is 11.4. The van der Waals surface area contributed by atoms with Gasteiger partial charge in [0.1, 0.15) is 5.58 Å². The maximum atomic E-state index is 6.69. The molecule has 0 fully saturated rings. The summed E-state index contributed by atoms with van der Waals surface area (Å²) >= 11 is 0. The van der Waals surface area contributed by atoms with Crippen molar-refractivity contribution in [1.82, 2.24) is 19.9 Å². The van der Waals surface area contributed by atoms with Crippen molar-refractivity contribution in [2.75, 3.05) is 0 Å². The van der Waals surface area contributed by atoms with Crippen molar-refractivity contribution in [3.8, 4) is 123 Å². The number of nitrogens with zero attached hydrogens (tertiary/aromatic N) is 4. The summed E-state index contributed by atoms with van der Waals surface area (Å²) in [5.41, 5.74) is 25.9. The molecule has 5 aromatic heterocycles. The van der Waals surface area contributed by atoms with Crippen LogP contribution in [0.2, 0.25) is 0 Å². The Hall–Kier alpha value is -9.97. The van der Waals surface area contributed by atoms with Crippen molar-refractivity contribution >= 4 is 21.9 Å². The van der Waals surface area contributed by atoms with Crippen molar-refractivity contribution in [1.29, 1.82) is 0 Å². The Morgan fingerprint density at radius 1 is 0.317 bits per heavy atom. The van der Waals surface area contributed by atoms with E-state index in [2.05, 4.69) is 228 Å². The Bertz CT molecular complexity index is 4470. The van der Waals surface area contributed by atoms with E-state index in [1.807, 2.05) is 74.9 Å². The van der Waals surface area contributed by atoms with Crippen LogP contribution < -0.4 is 0 Å². The van der Waals surface area contributed by atoms with Crippen molar-refractivity contribution in [3.05, 3.63) is 291 Å². The minimum atomic E-state index is 0. The van der Waals surface area contributed by atoms with Gasteiger partial charge in [-0.1, -0.05) is 191 Å². The molecule has 0 aliphatic rings. The van der Waals surface area contributed by atoms with Gasteiger partial charge in [0.15, 0.2) is 5.58 Å². The molecule has 388 valence electrons. The topological polar surface area (TPSA) is 64.7 Å². The van der Waals surface area contributed by atoms with Gasteiger partial charge in [0.05, 0.1) is 5.69 Å². The molecule has 14 rings (SSSR count). The van der Waals surface area contributed by atoms with Gasteiger partial charge in [0.2, 0.25) is 0 Å². The minimum Gasteiger partial charge on any atom is -0.462 e. The normalized spacial score (nSPS) is 11.2. The van der Waals surface area contributed by atoms with Gasteiger partial charge in [-0.05, 0) is 118 Å². The molecule has 6 heteroatoms. The second-order valence-corrected chi connectivity index (χ2v) is 20.3. The molecule has 0 radical (unpaired) electrons. The summed E-state index contributed by atoms with van der Waals surface area (Å²) in [5.74, 6) is 0. The molecule has 0 aliphatic carbocycles. The van der Waals surface area contributed by atoms with Gasteiger partial charge in [-0.25, -0.2) is 0 Å². The van der Waals surface area contributed by atoms with E-state index in [0.717, 1.165) is 151 Å². The zero-order valence-corrected chi connectivity index (χ0v) is 47.3. The molecule has 0 spiro atoms. The third-order valence-electron chi connectivity index (χ3n) is 15.2. The summed E-state index contributed by atoms with van der Waals surface area (Å²) in [6.07, 6.45) is 5.51. The smallest absolute Gasteiger partial charge is 0.462 e. The monoisotopic (exact) mass is 1230 g/mol. The van der Waals surface area contributed by atoms with Crippen LogP contribution in [-0.2, 0) is 20.1 Å². The number of aryl methyl sites for hydroxylation is 2. The molecule has 5 nitrogen and oxygen atoms in total. The van der Waals surface area contributed by atoms with Gasteiger partial charge in [-0.3, -0.25) is 4.98 Å². The summed E-state index contributed by atoms with van der Waals surface area (Å²) < 4.78 is 6.69. The predicted octanol–water partition coefficient (Wildman–Crippen LogP) is 19.5. The van der Waals surface area contributed by atoms with Gasteiger partial charge in [0, 0.05) is 40.8 Å². The molecule has 0 atom stereocenters. The molecule has 9 aromatic carbocycles. The number of rotatable bonds is 11. The number of aromatic nitrogens is 4. The van der Waals surface area contributed by atoms with Crippen molar-refractivity contribution < 1.29 is 24.5 Å². The van der Waals surface area contributed by atoms with Crippen LogP contribution >= 0.6 is 0 Å². The SMILES string of the molecule is Cc1cc2c(oc3c(-c4[c-]cc(-c5ccccc5-c5cc(-c6ccccc6-c6c[c-]c(-c7ccccn7)cc6)cc(-c6ccccc6-c6c[c-]c(-c7ccccn7)cc6)c5)c(-c5ccc(-c6ccccc6)cc5)c4)nccc32)c(C)n1.[Ir+3]. The average Bonchev–Trinajstić information content (AvgIpc) is 4.15. The van der Waals surface area contributed by atoms with E-state index in [0.29, 0.717) is 5.58 Å². The fourth-order valence-corrected chi connectivity index (χ4v) is 11.4. The van der Waals surface area contributed by atoms with Gasteiger partial charge >= 0.3 is 20.1 Å². The number of hydrogen-bond donors (Lipinski definition) is 0. The van der Waals surface area contributed by atoms with E-state index in [4.69, 9.17) is 14.4 Å². The van der Waals surface area contributed by atoms with Crippen LogP contribution in [0.1, 0.15) is 11.4 Å². The number of benzene rings is 9. The molecule has 0 saturated heterocycles. The van der Waals surface area contributed by atoms with Crippen molar-refractivity contribution in [2.24, 2.45) is 0 Å². The van der Waals surface area contributed by atoms with Crippen LogP contribution in [0, 0.1) is 32.0 Å². The van der Waals surface area contributed by atoms with Crippen molar-refractivity contribution in [3.63, 3.8) is 0 Å². The zero-order valence-electron chi connectivity index (χ0n) is 44.9. The molecular weight excluding hydrogens is 1180 g/mol. The van der Waals surface area contributed by atoms with E-state index in [1.54, 1.807) is 0 Å². The third kappa shape index (κ3) is 9.85. The first-order chi connectivity index (χ1) is 40.0. The number of hydrogen-bond acceptors (Lipinski definition) is 5. The summed E-state index contributed by atoms with van der Waals surface area (Å²) in [6, 6.07) is 96.6. The average molecular weight is 1230 g/mol. The number of furan rings is 1. The maximum Gasteiger partial charge on any atom is 3.00 e. The Morgan fingerprint density at radius 3 is 1.33 bits per heavy atom. The maximum absolute atomic E-state index is 6.69. The first kappa shape index (κ1) is 51.5. The second-order valence-electron chi connectivity index (χ2n) is 20.3. The molecule has 14 aromatic rings. The first-order valence-corrected chi connectivity index (χ1v) is 27.2. The Kier molecular flexibility index (Phi) is 14.0. The first-order valence-electron chi connectivity index (χ1n) is 27.2. The van der Waals surface area contributed by atoms with Crippen LogP contribution in [0.5, 0.6) is 0 Å². The molecule has 0 aliphatic heterocycles. The summed E-state index contributed by atoms with van der Waals surface area (Å²) in [6.45, 7) is 4.02. The Balaban J connectivity index is 0.00000631. The second kappa shape index (κ2) is 22.3. The Morgan fingerprint density at radius 2 is 0.793 bits per heavy atom. The summed E-state index contributed by atoms with van der Waals surface area (Å²) in [7, 11) is 0. The van der Waals surface area contributed by atoms with Crippen LogP contribution in [-0.4, -0.2) is 19.9 Å². The third-order valence-corrected chi connectivity index (χ3v) is 15.2. The molecule has 0 saturated carbocycles. The van der Waals surface area contributed by atoms with Crippen LogP contribution in [0.4, 0.5) is 0 Å².